The van der Waals surface area contributed by atoms with Crippen LogP contribution in [0.3, 0.4) is 0 Å². The maximum Gasteiger partial charge on any atom is 0.263 e. The standard InChI is InChI=1S/C16H11F3N2O2S2/c17-11-2-1-3-13(8-11)25(22,23)21-16-20-9-12(24-16)6-10-4-5-14(18)15(19)7-10/h1-5,7-9H,6H2,(H,20,21). The lowest BCUT2D eigenvalue weighted by Gasteiger charge is -2.04. The van der Waals surface area contributed by atoms with Gasteiger partial charge in [0, 0.05) is 17.5 Å². The molecule has 0 aliphatic heterocycles. The van der Waals surface area contributed by atoms with Crippen LogP contribution in [0.4, 0.5) is 18.3 Å². The van der Waals surface area contributed by atoms with Gasteiger partial charge >= 0.3 is 0 Å². The van der Waals surface area contributed by atoms with Crippen LogP contribution in [0, 0.1) is 17.5 Å². The van der Waals surface area contributed by atoms with E-state index < -0.39 is 27.5 Å². The first-order valence-electron chi connectivity index (χ1n) is 7.00. The van der Waals surface area contributed by atoms with Gasteiger partial charge < -0.3 is 0 Å². The maximum atomic E-state index is 13.2. The molecule has 3 rings (SSSR count). The van der Waals surface area contributed by atoms with E-state index in [4.69, 9.17) is 0 Å². The highest BCUT2D eigenvalue weighted by atomic mass is 32.2. The summed E-state index contributed by atoms with van der Waals surface area (Å²) in [7, 11) is -3.96. The highest BCUT2D eigenvalue weighted by molar-refractivity contribution is 7.93. The number of nitrogens with zero attached hydrogens (tertiary/aromatic N) is 1. The minimum atomic E-state index is -3.96. The number of halogens is 3. The van der Waals surface area contributed by atoms with Gasteiger partial charge in [0.05, 0.1) is 4.90 Å². The molecule has 2 aromatic carbocycles. The lowest BCUT2D eigenvalue weighted by atomic mass is 10.1. The molecule has 130 valence electrons. The molecule has 1 heterocycles. The van der Waals surface area contributed by atoms with Crippen LogP contribution in [0.25, 0.3) is 0 Å². The van der Waals surface area contributed by atoms with E-state index in [1.54, 1.807) is 0 Å². The Labute approximate surface area is 146 Å². The fourth-order valence-corrected chi connectivity index (χ4v) is 4.21. The average Bonchev–Trinajstić information content (AvgIpc) is 2.97. The Hall–Kier alpha value is -2.39. The van der Waals surface area contributed by atoms with Crippen LogP contribution >= 0.6 is 11.3 Å². The minimum absolute atomic E-state index is 0.0989. The fourth-order valence-electron chi connectivity index (χ4n) is 2.10. The number of hydrogen-bond acceptors (Lipinski definition) is 4. The number of sulfonamides is 1. The van der Waals surface area contributed by atoms with Crippen molar-refractivity contribution < 1.29 is 21.6 Å². The summed E-state index contributed by atoms with van der Waals surface area (Å²) in [6.07, 6.45) is 1.71. The molecule has 0 spiro atoms. The van der Waals surface area contributed by atoms with E-state index in [0.717, 1.165) is 35.6 Å². The van der Waals surface area contributed by atoms with E-state index in [9.17, 15) is 21.6 Å². The molecule has 0 fully saturated rings. The molecule has 0 unspecified atom stereocenters. The molecule has 25 heavy (non-hydrogen) atoms. The number of hydrogen-bond donors (Lipinski definition) is 1. The minimum Gasteiger partial charge on any atom is -0.255 e. The van der Waals surface area contributed by atoms with Crippen molar-refractivity contribution >= 4 is 26.5 Å². The van der Waals surface area contributed by atoms with E-state index in [1.165, 1.54) is 24.4 Å². The van der Waals surface area contributed by atoms with E-state index >= 15 is 0 Å². The van der Waals surface area contributed by atoms with Gasteiger partial charge in [-0.2, -0.15) is 0 Å². The van der Waals surface area contributed by atoms with Crippen LogP contribution in [-0.4, -0.2) is 13.4 Å². The molecule has 3 aromatic rings. The first-order chi connectivity index (χ1) is 11.8. The monoisotopic (exact) mass is 384 g/mol. The van der Waals surface area contributed by atoms with Gasteiger partial charge in [0.1, 0.15) is 5.82 Å². The molecule has 1 aromatic heterocycles. The maximum absolute atomic E-state index is 13.2. The van der Waals surface area contributed by atoms with E-state index in [-0.39, 0.29) is 16.4 Å². The Morgan fingerprint density at radius 3 is 2.56 bits per heavy atom. The third-order valence-electron chi connectivity index (χ3n) is 3.24. The highest BCUT2D eigenvalue weighted by Gasteiger charge is 2.17. The van der Waals surface area contributed by atoms with Crippen LogP contribution in [0.2, 0.25) is 0 Å². The van der Waals surface area contributed by atoms with Gasteiger partial charge in [0.25, 0.3) is 10.0 Å². The summed E-state index contributed by atoms with van der Waals surface area (Å²) >= 11 is 1.05. The van der Waals surface area contributed by atoms with Gasteiger partial charge in [-0.25, -0.2) is 26.6 Å². The molecule has 0 aliphatic carbocycles. The summed E-state index contributed by atoms with van der Waals surface area (Å²) in [5.74, 6) is -2.55. The topological polar surface area (TPSA) is 59.1 Å². The Kier molecular flexibility index (Phi) is 4.78. The molecule has 4 nitrogen and oxygen atoms in total. The molecular weight excluding hydrogens is 373 g/mol. The molecular formula is C16H11F3N2O2S2. The van der Waals surface area contributed by atoms with Crippen molar-refractivity contribution in [2.75, 3.05) is 4.72 Å². The van der Waals surface area contributed by atoms with Crippen molar-refractivity contribution in [1.29, 1.82) is 0 Å². The molecule has 0 aliphatic rings. The summed E-state index contributed by atoms with van der Waals surface area (Å²) in [6.45, 7) is 0. The summed E-state index contributed by atoms with van der Waals surface area (Å²) in [4.78, 5) is 4.39. The zero-order valence-corrected chi connectivity index (χ0v) is 14.2. The molecule has 0 saturated carbocycles. The van der Waals surface area contributed by atoms with Crippen LogP contribution in [0.15, 0.2) is 53.6 Å². The molecule has 0 saturated heterocycles. The number of anilines is 1. The van der Waals surface area contributed by atoms with Crippen LogP contribution in [0.1, 0.15) is 10.4 Å². The second-order valence-corrected chi connectivity index (χ2v) is 7.92. The van der Waals surface area contributed by atoms with Crippen LogP contribution < -0.4 is 4.72 Å². The quantitative estimate of drug-likeness (QED) is 0.725. The van der Waals surface area contributed by atoms with Crippen LogP contribution in [0.5, 0.6) is 0 Å². The second-order valence-electron chi connectivity index (χ2n) is 5.12. The lowest BCUT2D eigenvalue weighted by molar-refractivity contribution is 0.507. The van der Waals surface area contributed by atoms with Gasteiger partial charge in [0.2, 0.25) is 0 Å². The molecule has 0 bridgehead atoms. The van der Waals surface area contributed by atoms with Crippen molar-refractivity contribution in [2.24, 2.45) is 0 Å². The van der Waals surface area contributed by atoms with Gasteiger partial charge in [-0.05, 0) is 35.9 Å². The summed E-state index contributed by atoms with van der Waals surface area (Å²) in [6, 6.07) is 8.14. The van der Waals surface area contributed by atoms with Crippen molar-refractivity contribution in [1.82, 2.24) is 4.98 Å². The van der Waals surface area contributed by atoms with Crippen molar-refractivity contribution in [3.05, 3.63) is 76.6 Å². The summed E-state index contributed by atoms with van der Waals surface area (Å²) < 4.78 is 66.0. The van der Waals surface area contributed by atoms with E-state index in [2.05, 4.69) is 9.71 Å². The van der Waals surface area contributed by atoms with Gasteiger partial charge in [-0.1, -0.05) is 12.1 Å². The van der Waals surface area contributed by atoms with Gasteiger partial charge in [0.15, 0.2) is 16.8 Å². The molecule has 0 radical (unpaired) electrons. The molecule has 9 heteroatoms. The van der Waals surface area contributed by atoms with Crippen molar-refractivity contribution in [2.45, 2.75) is 11.3 Å². The Balaban J connectivity index is 1.76. The van der Waals surface area contributed by atoms with E-state index in [0.29, 0.717) is 10.4 Å². The Morgan fingerprint density at radius 1 is 1.04 bits per heavy atom. The smallest absolute Gasteiger partial charge is 0.255 e. The first-order valence-corrected chi connectivity index (χ1v) is 9.30. The fraction of sp³-hybridized carbons (Fsp3) is 0.0625. The molecule has 0 amide bonds. The van der Waals surface area contributed by atoms with E-state index in [1.807, 2.05) is 0 Å². The highest BCUT2D eigenvalue weighted by Crippen LogP contribution is 2.24. The summed E-state index contributed by atoms with van der Waals surface area (Å²) in [5.41, 5.74) is 0.530. The van der Waals surface area contributed by atoms with Gasteiger partial charge in [-0.3, -0.25) is 4.72 Å². The summed E-state index contributed by atoms with van der Waals surface area (Å²) in [5, 5.41) is 0.0989. The number of benzene rings is 2. The SMILES string of the molecule is O=S(=O)(Nc1ncc(Cc2ccc(F)c(F)c2)s1)c1cccc(F)c1. The normalized spacial score (nSPS) is 11.5. The number of thiazole rings is 1. The Bertz CT molecular complexity index is 1020. The number of rotatable bonds is 5. The lowest BCUT2D eigenvalue weighted by Crippen LogP contribution is -2.12. The number of aromatic nitrogens is 1. The average molecular weight is 384 g/mol. The zero-order valence-electron chi connectivity index (χ0n) is 12.5. The zero-order chi connectivity index (χ0) is 18.0. The molecule has 0 atom stereocenters. The molecule has 1 N–H and O–H groups in total. The van der Waals surface area contributed by atoms with Gasteiger partial charge in [-0.15, -0.1) is 11.3 Å². The predicted molar refractivity (Wildman–Crippen MR) is 88.5 cm³/mol. The largest absolute Gasteiger partial charge is 0.263 e. The first kappa shape index (κ1) is 17.4. The van der Waals surface area contributed by atoms with Crippen LogP contribution in [-0.2, 0) is 16.4 Å². The van der Waals surface area contributed by atoms with Crippen molar-refractivity contribution in [3.8, 4) is 0 Å². The second kappa shape index (κ2) is 6.85. The predicted octanol–water partition coefficient (Wildman–Crippen LogP) is 3.95. The number of nitrogens with one attached hydrogen (secondary N) is 1. The third kappa shape index (κ3) is 4.18. The third-order valence-corrected chi connectivity index (χ3v) is 5.62. The van der Waals surface area contributed by atoms with Crippen molar-refractivity contribution in [3.63, 3.8) is 0 Å². The Morgan fingerprint density at radius 2 is 1.84 bits per heavy atom.